The highest BCUT2D eigenvalue weighted by molar-refractivity contribution is 7.99. The zero-order valence-corrected chi connectivity index (χ0v) is 19.3. The molecule has 0 bridgehead atoms. The lowest BCUT2D eigenvalue weighted by atomic mass is 10.1. The number of hydrogen-bond donors (Lipinski definition) is 1. The van der Waals surface area contributed by atoms with Crippen LogP contribution in [0, 0.1) is 18.8 Å². The van der Waals surface area contributed by atoms with Gasteiger partial charge in [0, 0.05) is 22.7 Å². The molecule has 1 unspecified atom stereocenters. The minimum atomic E-state index is -0.157. The summed E-state index contributed by atoms with van der Waals surface area (Å²) in [6.07, 6.45) is 13.4. The first kappa shape index (κ1) is 23.6. The molecule has 3 rings (SSSR count). The van der Waals surface area contributed by atoms with Gasteiger partial charge in [0.15, 0.2) is 11.0 Å². The van der Waals surface area contributed by atoms with Crippen LogP contribution in [0.1, 0.15) is 43.1 Å². The van der Waals surface area contributed by atoms with Gasteiger partial charge in [-0.1, -0.05) is 35.8 Å². The van der Waals surface area contributed by atoms with Crippen molar-refractivity contribution in [3.8, 4) is 17.6 Å². The van der Waals surface area contributed by atoms with Gasteiger partial charge in [-0.15, -0.1) is 10.2 Å². The van der Waals surface area contributed by atoms with Crippen LogP contribution in [0.15, 0.2) is 58.9 Å². The van der Waals surface area contributed by atoms with Crippen LogP contribution in [-0.2, 0) is 6.61 Å². The van der Waals surface area contributed by atoms with Gasteiger partial charge in [0.25, 0.3) is 0 Å². The van der Waals surface area contributed by atoms with Crippen molar-refractivity contribution in [2.24, 2.45) is 4.99 Å². The first-order chi connectivity index (χ1) is 15.6. The number of aliphatic hydroxyl groups is 1. The van der Waals surface area contributed by atoms with Gasteiger partial charge in [0.1, 0.15) is 19.0 Å². The lowest BCUT2D eigenvalue weighted by molar-refractivity contribution is 0.293. The Balaban J connectivity index is 1.82. The van der Waals surface area contributed by atoms with Crippen LogP contribution in [0.5, 0.6) is 5.75 Å². The maximum absolute atomic E-state index is 8.89. The van der Waals surface area contributed by atoms with Crippen LogP contribution in [0.4, 0.5) is 0 Å². The summed E-state index contributed by atoms with van der Waals surface area (Å²) in [7, 11) is 0. The summed E-state index contributed by atoms with van der Waals surface area (Å²) in [4.78, 5) is 3.76. The van der Waals surface area contributed by atoms with Gasteiger partial charge < -0.3 is 9.84 Å². The number of allylic oxidation sites excluding steroid dienone is 4. The Morgan fingerprint density at radius 2 is 2.31 bits per heavy atom. The molecule has 7 heteroatoms. The number of benzene rings is 1. The Hall–Kier alpha value is -3.08. The highest BCUT2D eigenvalue weighted by Crippen LogP contribution is 2.31. The smallest absolute Gasteiger partial charge is 0.196 e. The lowest BCUT2D eigenvalue weighted by Crippen LogP contribution is -2.09. The Morgan fingerprint density at radius 1 is 1.44 bits per heavy atom. The van der Waals surface area contributed by atoms with E-state index in [1.165, 1.54) is 6.42 Å². The number of aliphatic hydroxyl groups excluding tert-OH is 1. The first-order valence-corrected chi connectivity index (χ1v) is 11.4. The summed E-state index contributed by atoms with van der Waals surface area (Å²) >= 11 is 1.72. The summed E-state index contributed by atoms with van der Waals surface area (Å²) in [5, 5.41) is 19.0. The molecule has 166 valence electrons. The van der Waals surface area contributed by atoms with Gasteiger partial charge in [-0.05, 0) is 75.7 Å². The second-order valence-corrected chi connectivity index (χ2v) is 8.51. The molecule has 2 aromatic rings. The molecule has 0 spiro atoms. The fourth-order valence-corrected chi connectivity index (χ4v) is 4.49. The van der Waals surface area contributed by atoms with Crippen molar-refractivity contribution in [2.75, 3.05) is 6.61 Å². The molecule has 0 amide bonds. The van der Waals surface area contributed by atoms with E-state index in [4.69, 9.17) is 9.84 Å². The van der Waals surface area contributed by atoms with E-state index in [-0.39, 0.29) is 13.2 Å². The summed E-state index contributed by atoms with van der Waals surface area (Å²) < 4.78 is 8.07. The van der Waals surface area contributed by atoms with Crippen molar-refractivity contribution in [3.05, 3.63) is 65.7 Å². The zero-order valence-electron chi connectivity index (χ0n) is 18.5. The number of thioether (sulfide) groups is 1. The SMILES string of the molecule is C=N/C=C\C=C(/C)n1c(COc2ccc(C#CCO)c(C)c2)nnc1SC1C=CCCC1. The quantitative estimate of drug-likeness (QED) is 0.272. The second kappa shape index (κ2) is 12.1. The summed E-state index contributed by atoms with van der Waals surface area (Å²) in [6, 6.07) is 5.71. The third-order valence-corrected chi connectivity index (χ3v) is 6.09. The number of aliphatic imine (C=N–C) groups is 1. The van der Waals surface area contributed by atoms with Gasteiger partial charge in [0.2, 0.25) is 0 Å². The Bertz CT molecular complexity index is 1090. The molecule has 1 heterocycles. The van der Waals surface area contributed by atoms with Crippen LogP contribution >= 0.6 is 11.8 Å². The highest BCUT2D eigenvalue weighted by atomic mass is 32.2. The molecule has 0 saturated heterocycles. The van der Waals surface area contributed by atoms with E-state index in [0.29, 0.717) is 5.25 Å². The number of aromatic nitrogens is 3. The van der Waals surface area contributed by atoms with Crippen molar-refractivity contribution in [2.45, 2.75) is 50.1 Å². The van der Waals surface area contributed by atoms with Crippen molar-refractivity contribution in [1.29, 1.82) is 0 Å². The van der Waals surface area contributed by atoms with E-state index < -0.39 is 0 Å². The standard InChI is InChI=1S/C25H28N4O2S/c1-19-17-22(14-13-21(19)10-8-16-30)31-18-24-27-28-25(32-23-11-5-4-6-12-23)29(24)20(2)9-7-15-26-3/h5,7,9,11,13-15,17,23,30H,3-4,6,12,16,18H2,1-2H3/b15-7-,20-9+. The van der Waals surface area contributed by atoms with Crippen molar-refractivity contribution in [1.82, 2.24) is 14.8 Å². The van der Waals surface area contributed by atoms with Gasteiger partial charge in [-0.3, -0.25) is 9.56 Å². The molecule has 1 aliphatic carbocycles. The number of aryl methyl sites for hydroxylation is 1. The van der Waals surface area contributed by atoms with Crippen molar-refractivity contribution < 1.29 is 9.84 Å². The summed E-state index contributed by atoms with van der Waals surface area (Å²) in [6.45, 7) is 7.58. The van der Waals surface area contributed by atoms with Crippen molar-refractivity contribution in [3.63, 3.8) is 0 Å². The number of rotatable bonds is 8. The molecule has 0 radical (unpaired) electrons. The largest absolute Gasteiger partial charge is 0.486 e. The molecule has 1 aromatic heterocycles. The van der Waals surface area contributed by atoms with E-state index in [1.54, 1.807) is 18.0 Å². The number of hydrogen-bond acceptors (Lipinski definition) is 6. The molecular weight excluding hydrogens is 420 g/mol. The van der Waals surface area contributed by atoms with Gasteiger partial charge in [0.05, 0.1) is 0 Å². The molecule has 1 aliphatic rings. The topological polar surface area (TPSA) is 72.5 Å². The third-order valence-electron chi connectivity index (χ3n) is 4.92. The first-order valence-electron chi connectivity index (χ1n) is 10.5. The zero-order chi connectivity index (χ0) is 22.8. The molecule has 1 aromatic carbocycles. The maximum Gasteiger partial charge on any atom is 0.196 e. The molecule has 6 nitrogen and oxygen atoms in total. The van der Waals surface area contributed by atoms with Crippen LogP contribution in [0.3, 0.4) is 0 Å². The monoisotopic (exact) mass is 448 g/mol. The molecular formula is C25H28N4O2S. The van der Waals surface area contributed by atoms with E-state index in [0.717, 1.165) is 46.4 Å². The number of ether oxygens (including phenoxy) is 1. The lowest BCUT2D eigenvalue weighted by Gasteiger charge is -2.17. The summed E-state index contributed by atoms with van der Waals surface area (Å²) in [5.41, 5.74) is 2.83. The van der Waals surface area contributed by atoms with Gasteiger partial charge in [-0.2, -0.15) is 0 Å². The minimum Gasteiger partial charge on any atom is -0.486 e. The Morgan fingerprint density at radius 3 is 3.03 bits per heavy atom. The van der Waals surface area contributed by atoms with Gasteiger partial charge in [-0.25, -0.2) is 0 Å². The normalized spacial score (nSPS) is 16.1. The van der Waals surface area contributed by atoms with Crippen LogP contribution in [0.25, 0.3) is 5.70 Å². The second-order valence-electron chi connectivity index (χ2n) is 7.31. The van der Waals surface area contributed by atoms with Gasteiger partial charge >= 0.3 is 0 Å². The molecule has 0 fully saturated rings. The van der Waals surface area contributed by atoms with Crippen LogP contribution < -0.4 is 4.74 Å². The Kier molecular flexibility index (Phi) is 8.90. The molecule has 0 aliphatic heterocycles. The predicted molar refractivity (Wildman–Crippen MR) is 131 cm³/mol. The third kappa shape index (κ3) is 6.46. The average molecular weight is 449 g/mol. The minimum absolute atomic E-state index is 0.157. The molecule has 32 heavy (non-hydrogen) atoms. The predicted octanol–water partition coefficient (Wildman–Crippen LogP) is 4.79. The van der Waals surface area contributed by atoms with E-state index in [2.05, 4.69) is 45.9 Å². The van der Waals surface area contributed by atoms with E-state index in [9.17, 15) is 0 Å². The summed E-state index contributed by atoms with van der Waals surface area (Å²) in [5.74, 6) is 7.07. The van der Waals surface area contributed by atoms with Crippen LogP contribution in [0.2, 0.25) is 0 Å². The molecule has 1 N–H and O–H groups in total. The fourth-order valence-electron chi connectivity index (χ4n) is 3.31. The average Bonchev–Trinajstić information content (AvgIpc) is 3.20. The highest BCUT2D eigenvalue weighted by Gasteiger charge is 2.19. The van der Waals surface area contributed by atoms with Crippen molar-refractivity contribution >= 4 is 24.2 Å². The fraction of sp³-hybridized carbons (Fsp3) is 0.320. The van der Waals surface area contributed by atoms with E-state index in [1.807, 2.05) is 48.8 Å². The maximum atomic E-state index is 8.89. The van der Waals surface area contributed by atoms with Crippen LogP contribution in [-0.4, -0.2) is 38.4 Å². The molecule has 1 atom stereocenters. The molecule has 0 saturated carbocycles. The number of nitrogens with zero attached hydrogens (tertiary/aromatic N) is 4. The van der Waals surface area contributed by atoms with E-state index >= 15 is 0 Å². The Labute approximate surface area is 193 Å².